The van der Waals surface area contributed by atoms with E-state index in [1.54, 1.807) is 6.07 Å². The van der Waals surface area contributed by atoms with E-state index in [1.807, 2.05) is 13.8 Å². The van der Waals surface area contributed by atoms with Crippen LogP contribution in [0.1, 0.15) is 24.2 Å². The summed E-state index contributed by atoms with van der Waals surface area (Å²) >= 11 is 0. The Morgan fingerprint density at radius 1 is 1.39 bits per heavy atom. The number of aromatic carboxylic acids is 1. The van der Waals surface area contributed by atoms with E-state index in [1.165, 1.54) is 12.1 Å². The van der Waals surface area contributed by atoms with Gasteiger partial charge in [-0.25, -0.2) is 4.79 Å². The molecule has 1 rings (SSSR count). The summed E-state index contributed by atoms with van der Waals surface area (Å²) in [6, 6.07) is 4.40. The van der Waals surface area contributed by atoms with Crippen molar-refractivity contribution in [2.24, 2.45) is 0 Å². The second kappa shape index (κ2) is 5.90. The third-order valence-electron chi connectivity index (χ3n) is 2.19. The van der Waals surface area contributed by atoms with Crippen molar-refractivity contribution in [2.45, 2.75) is 19.9 Å². The fraction of sp³-hybridized carbons (Fsp3) is 0.333. The van der Waals surface area contributed by atoms with Crippen LogP contribution in [0.3, 0.4) is 0 Å². The van der Waals surface area contributed by atoms with E-state index < -0.39 is 5.97 Å². The van der Waals surface area contributed by atoms with Crippen LogP contribution in [-0.4, -0.2) is 29.6 Å². The van der Waals surface area contributed by atoms with Crippen LogP contribution in [0.4, 0.5) is 11.4 Å². The van der Waals surface area contributed by atoms with Crippen LogP contribution < -0.4 is 16.4 Å². The lowest BCUT2D eigenvalue weighted by molar-refractivity contribution is -0.119. The van der Waals surface area contributed by atoms with Crippen LogP contribution in [0.5, 0.6) is 0 Å². The number of nitrogen functional groups attached to an aromatic ring is 1. The highest BCUT2D eigenvalue weighted by atomic mass is 16.4. The second-order valence-electron chi connectivity index (χ2n) is 4.18. The highest BCUT2D eigenvalue weighted by Gasteiger charge is 2.08. The van der Waals surface area contributed by atoms with Crippen LogP contribution in [-0.2, 0) is 4.79 Å². The molecule has 0 radical (unpaired) electrons. The molecule has 0 atom stereocenters. The minimum atomic E-state index is -1.04. The number of carbonyl (C=O) groups excluding carboxylic acids is 1. The van der Waals surface area contributed by atoms with E-state index in [-0.39, 0.29) is 24.1 Å². The summed E-state index contributed by atoms with van der Waals surface area (Å²) in [4.78, 5) is 22.1. The Labute approximate surface area is 105 Å². The Morgan fingerprint density at radius 3 is 2.56 bits per heavy atom. The van der Waals surface area contributed by atoms with Crippen LogP contribution in [0, 0.1) is 0 Å². The Bertz CT molecular complexity index is 458. The van der Waals surface area contributed by atoms with Crippen LogP contribution in [0.25, 0.3) is 0 Å². The average Bonchev–Trinajstić information content (AvgIpc) is 2.26. The zero-order chi connectivity index (χ0) is 13.7. The third-order valence-corrected chi connectivity index (χ3v) is 2.19. The maximum absolute atomic E-state index is 11.4. The van der Waals surface area contributed by atoms with Gasteiger partial charge in [-0.15, -0.1) is 0 Å². The number of nitrogens with two attached hydrogens (primary N) is 1. The number of carboxylic acids is 1. The number of carbonyl (C=O) groups is 2. The molecule has 0 aliphatic rings. The van der Waals surface area contributed by atoms with Crippen molar-refractivity contribution in [3.05, 3.63) is 23.8 Å². The van der Waals surface area contributed by atoms with Crippen molar-refractivity contribution in [2.75, 3.05) is 17.6 Å². The van der Waals surface area contributed by atoms with Gasteiger partial charge < -0.3 is 21.5 Å². The predicted molar refractivity (Wildman–Crippen MR) is 69.6 cm³/mol. The predicted octanol–water partition coefficient (Wildman–Crippen LogP) is 0.903. The Kier molecular flexibility index (Phi) is 4.53. The normalized spacial score (nSPS) is 10.2. The smallest absolute Gasteiger partial charge is 0.335 e. The molecular formula is C12H17N3O3. The van der Waals surface area contributed by atoms with Gasteiger partial charge in [-0.3, -0.25) is 4.79 Å². The molecule has 0 fully saturated rings. The number of benzene rings is 1. The van der Waals surface area contributed by atoms with Gasteiger partial charge in [0.05, 0.1) is 23.5 Å². The molecule has 0 heterocycles. The van der Waals surface area contributed by atoms with Gasteiger partial charge in [-0.05, 0) is 32.0 Å². The van der Waals surface area contributed by atoms with Gasteiger partial charge >= 0.3 is 5.97 Å². The SMILES string of the molecule is CC(C)NC(=O)CNc1ccc(C(=O)O)cc1N. The van der Waals surface area contributed by atoms with E-state index in [9.17, 15) is 9.59 Å². The molecule has 6 heteroatoms. The first kappa shape index (κ1) is 13.8. The minimum Gasteiger partial charge on any atom is -0.478 e. The van der Waals surface area contributed by atoms with Crippen molar-refractivity contribution < 1.29 is 14.7 Å². The van der Waals surface area contributed by atoms with E-state index in [0.29, 0.717) is 11.4 Å². The van der Waals surface area contributed by atoms with Crippen molar-refractivity contribution in [3.8, 4) is 0 Å². The highest BCUT2D eigenvalue weighted by molar-refractivity contribution is 5.91. The number of carboxylic acid groups (broad SMARTS) is 1. The number of rotatable bonds is 5. The third kappa shape index (κ3) is 3.97. The van der Waals surface area contributed by atoms with Gasteiger partial charge in [0.1, 0.15) is 0 Å². The quantitative estimate of drug-likeness (QED) is 0.582. The molecule has 1 amide bonds. The van der Waals surface area contributed by atoms with E-state index in [4.69, 9.17) is 10.8 Å². The van der Waals surface area contributed by atoms with E-state index in [0.717, 1.165) is 0 Å². The monoisotopic (exact) mass is 251 g/mol. The van der Waals surface area contributed by atoms with E-state index in [2.05, 4.69) is 10.6 Å². The zero-order valence-corrected chi connectivity index (χ0v) is 10.4. The van der Waals surface area contributed by atoms with Gasteiger partial charge in [0, 0.05) is 6.04 Å². The summed E-state index contributed by atoms with van der Waals surface area (Å²) in [5.41, 5.74) is 6.64. The van der Waals surface area contributed by atoms with Gasteiger partial charge in [0.2, 0.25) is 5.91 Å². The molecule has 18 heavy (non-hydrogen) atoms. The fourth-order valence-electron chi connectivity index (χ4n) is 1.41. The molecule has 0 aromatic heterocycles. The van der Waals surface area contributed by atoms with E-state index >= 15 is 0 Å². The van der Waals surface area contributed by atoms with Crippen molar-refractivity contribution in [1.29, 1.82) is 0 Å². The molecule has 0 aliphatic heterocycles. The topological polar surface area (TPSA) is 104 Å². The number of amides is 1. The first-order valence-electron chi connectivity index (χ1n) is 5.56. The first-order valence-corrected chi connectivity index (χ1v) is 5.56. The van der Waals surface area contributed by atoms with Crippen LogP contribution in [0.15, 0.2) is 18.2 Å². The van der Waals surface area contributed by atoms with Crippen molar-refractivity contribution >= 4 is 23.3 Å². The molecule has 98 valence electrons. The maximum atomic E-state index is 11.4. The molecule has 5 N–H and O–H groups in total. The summed E-state index contributed by atoms with van der Waals surface area (Å²) in [5.74, 6) is -1.18. The van der Waals surface area contributed by atoms with Gasteiger partial charge in [0.25, 0.3) is 0 Å². The number of hydrogen-bond acceptors (Lipinski definition) is 4. The van der Waals surface area contributed by atoms with Crippen molar-refractivity contribution in [1.82, 2.24) is 5.32 Å². The van der Waals surface area contributed by atoms with Gasteiger partial charge in [-0.2, -0.15) is 0 Å². The molecule has 1 aromatic carbocycles. The Hall–Kier alpha value is -2.24. The second-order valence-corrected chi connectivity index (χ2v) is 4.18. The van der Waals surface area contributed by atoms with Crippen LogP contribution >= 0.6 is 0 Å². The standard InChI is InChI=1S/C12H17N3O3/c1-7(2)15-11(16)6-14-10-4-3-8(12(17)18)5-9(10)13/h3-5,7,14H,6,13H2,1-2H3,(H,15,16)(H,17,18). The Morgan fingerprint density at radius 2 is 2.06 bits per heavy atom. The summed E-state index contributed by atoms with van der Waals surface area (Å²) in [7, 11) is 0. The summed E-state index contributed by atoms with van der Waals surface area (Å²) < 4.78 is 0. The lowest BCUT2D eigenvalue weighted by Crippen LogP contribution is -2.34. The van der Waals surface area contributed by atoms with Crippen LogP contribution in [0.2, 0.25) is 0 Å². The van der Waals surface area contributed by atoms with Gasteiger partial charge in [0.15, 0.2) is 0 Å². The average molecular weight is 251 g/mol. The summed E-state index contributed by atoms with van der Waals surface area (Å²) in [5, 5.41) is 14.4. The molecule has 6 nitrogen and oxygen atoms in total. The zero-order valence-electron chi connectivity index (χ0n) is 10.4. The molecule has 0 aliphatic carbocycles. The lowest BCUT2D eigenvalue weighted by atomic mass is 10.1. The molecule has 0 unspecified atom stereocenters. The summed E-state index contributed by atoms with van der Waals surface area (Å²) in [6.45, 7) is 3.83. The Balaban J connectivity index is 2.63. The molecule has 0 bridgehead atoms. The largest absolute Gasteiger partial charge is 0.478 e. The van der Waals surface area contributed by atoms with Crippen molar-refractivity contribution in [3.63, 3.8) is 0 Å². The lowest BCUT2D eigenvalue weighted by Gasteiger charge is -2.11. The fourth-order valence-corrected chi connectivity index (χ4v) is 1.41. The first-order chi connectivity index (χ1) is 8.40. The van der Waals surface area contributed by atoms with Gasteiger partial charge in [-0.1, -0.05) is 0 Å². The number of anilines is 2. The number of hydrogen-bond donors (Lipinski definition) is 4. The molecule has 1 aromatic rings. The molecule has 0 saturated heterocycles. The summed E-state index contributed by atoms with van der Waals surface area (Å²) in [6.07, 6.45) is 0. The molecular weight excluding hydrogens is 234 g/mol. The highest BCUT2D eigenvalue weighted by Crippen LogP contribution is 2.19. The molecule has 0 saturated carbocycles. The number of nitrogens with one attached hydrogen (secondary N) is 2. The maximum Gasteiger partial charge on any atom is 0.335 e. The molecule has 0 spiro atoms. The minimum absolute atomic E-state index is 0.0750.